The highest BCUT2D eigenvalue weighted by Gasteiger charge is 2.23. The number of carbonyl (C=O) groups is 2. The van der Waals surface area contributed by atoms with Crippen molar-refractivity contribution in [3.63, 3.8) is 0 Å². The van der Waals surface area contributed by atoms with Crippen LogP contribution in [-0.2, 0) is 16.0 Å². The lowest BCUT2D eigenvalue weighted by Gasteiger charge is -2.05. The van der Waals surface area contributed by atoms with Crippen LogP contribution in [0.2, 0.25) is 0 Å². The van der Waals surface area contributed by atoms with Crippen molar-refractivity contribution in [3.8, 4) is 10.7 Å². The molecule has 0 aliphatic heterocycles. The van der Waals surface area contributed by atoms with Gasteiger partial charge in [0.25, 0.3) is 0 Å². The van der Waals surface area contributed by atoms with Gasteiger partial charge in [-0.1, -0.05) is 6.07 Å². The molecule has 1 aliphatic rings. The maximum absolute atomic E-state index is 11.8. The van der Waals surface area contributed by atoms with Gasteiger partial charge < -0.3 is 10.6 Å². The van der Waals surface area contributed by atoms with E-state index >= 15 is 0 Å². The Morgan fingerprint density at radius 1 is 1.26 bits per heavy atom. The second-order valence-electron chi connectivity index (χ2n) is 5.48. The van der Waals surface area contributed by atoms with E-state index in [-0.39, 0.29) is 18.4 Å². The molecule has 0 radical (unpaired) electrons. The molecular formula is C16H18N4O2S. The number of aryl methyl sites for hydroxylation is 1. The molecule has 1 fully saturated rings. The lowest BCUT2D eigenvalue weighted by molar-refractivity contribution is -0.126. The Balaban J connectivity index is 1.42. The van der Waals surface area contributed by atoms with E-state index in [1.54, 1.807) is 6.20 Å². The summed E-state index contributed by atoms with van der Waals surface area (Å²) in [4.78, 5) is 32.0. The minimum atomic E-state index is -0.136. The quantitative estimate of drug-likeness (QED) is 0.806. The average molecular weight is 330 g/mol. The van der Waals surface area contributed by atoms with Crippen molar-refractivity contribution < 1.29 is 9.59 Å². The van der Waals surface area contributed by atoms with Crippen LogP contribution in [0.5, 0.6) is 0 Å². The Hall–Kier alpha value is -2.28. The first-order chi connectivity index (χ1) is 11.2. The molecule has 0 atom stereocenters. The summed E-state index contributed by atoms with van der Waals surface area (Å²) in [6, 6.07) is 6.01. The van der Waals surface area contributed by atoms with Crippen molar-refractivity contribution >= 4 is 23.2 Å². The van der Waals surface area contributed by atoms with E-state index in [2.05, 4.69) is 20.6 Å². The molecule has 2 aromatic rings. The van der Waals surface area contributed by atoms with E-state index in [9.17, 15) is 9.59 Å². The van der Waals surface area contributed by atoms with Crippen molar-refractivity contribution in [2.24, 2.45) is 0 Å². The molecule has 0 bridgehead atoms. The van der Waals surface area contributed by atoms with Gasteiger partial charge in [0.05, 0.1) is 17.9 Å². The van der Waals surface area contributed by atoms with Crippen molar-refractivity contribution in [1.82, 2.24) is 20.6 Å². The Morgan fingerprint density at radius 2 is 2.13 bits per heavy atom. The Bertz CT molecular complexity index is 682. The summed E-state index contributed by atoms with van der Waals surface area (Å²) in [7, 11) is 0. The standard InChI is InChI=1S/C16H18N4O2S/c21-14(18-9-15(22)19-11-4-5-11)7-6-12-10-23-16(20-12)13-3-1-2-8-17-13/h1-3,8,10-11H,4-7,9H2,(H,18,21)(H,19,22). The van der Waals surface area contributed by atoms with Crippen LogP contribution in [0.1, 0.15) is 25.0 Å². The lowest BCUT2D eigenvalue weighted by Crippen LogP contribution is -2.37. The zero-order valence-electron chi connectivity index (χ0n) is 12.6. The highest BCUT2D eigenvalue weighted by Crippen LogP contribution is 2.21. The van der Waals surface area contributed by atoms with Crippen molar-refractivity contribution in [1.29, 1.82) is 0 Å². The number of hydrogen-bond donors (Lipinski definition) is 2. The summed E-state index contributed by atoms with van der Waals surface area (Å²) in [5.41, 5.74) is 1.71. The zero-order valence-corrected chi connectivity index (χ0v) is 13.4. The smallest absolute Gasteiger partial charge is 0.239 e. The van der Waals surface area contributed by atoms with Crippen LogP contribution >= 0.6 is 11.3 Å². The number of thiazole rings is 1. The second kappa shape index (κ2) is 7.32. The molecule has 0 unspecified atom stereocenters. The predicted octanol–water partition coefficient (Wildman–Crippen LogP) is 1.53. The minimum absolute atomic E-state index is 0.0472. The van der Waals surface area contributed by atoms with Gasteiger partial charge >= 0.3 is 0 Å². The van der Waals surface area contributed by atoms with Gasteiger partial charge in [-0.3, -0.25) is 14.6 Å². The van der Waals surface area contributed by atoms with Gasteiger partial charge in [-0.2, -0.15) is 0 Å². The van der Waals surface area contributed by atoms with Crippen LogP contribution in [0.15, 0.2) is 29.8 Å². The number of aromatic nitrogens is 2. The number of nitrogens with zero attached hydrogens (tertiary/aromatic N) is 2. The highest BCUT2D eigenvalue weighted by molar-refractivity contribution is 7.13. The van der Waals surface area contributed by atoms with Crippen molar-refractivity contribution in [3.05, 3.63) is 35.5 Å². The first kappa shape index (κ1) is 15.6. The Kier molecular flexibility index (Phi) is 4.97. The highest BCUT2D eigenvalue weighted by atomic mass is 32.1. The zero-order chi connectivity index (χ0) is 16.1. The molecule has 2 amide bonds. The van der Waals surface area contributed by atoms with Gasteiger partial charge in [-0.15, -0.1) is 11.3 Å². The number of amides is 2. The molecule has 1 aliphatic carbocycles. The fraction of sp³-hybridized carbons (Fsp3) is 0.375. The predicted molar refractivity (Wildman–Crippen MR) is 87.8 cm³/mol. The van der Waals surface area contributed by atoms with Gasteiger partial charge in [0.15, 0.2) is 0 Å². The maximum Gasteiger partial charge on any atom is 0.239 e. The molecule has 23 heavy (non-hydrogen) atoms. The van der Waals surface area contributed by atoms with E-state index in [0.717, 1.165) is 29.2 Å². The number of hydrogen-bond acceptors (Lipinski definition) is 5. The summed E-state index contributed by atoms with van der Waals surface area (Å²) < 4.78 is 0. The fourth-order valence-electron chi connectivity index (χ4n) is 2.04. The average Bonchev–Trinajstić information content (AvgIpc) is 3.25. The Labute approximate surface area is 138 Å². The van der Waals surface area contributed by atoms with Gasteiger partial charge in [-0.25, -0.2) is 4.98 Å². The molecule has 0 aromatic carbocycles. The second-order valence-corrected chi connectivity index (χ2v) is 6.34. The van der Waals surface area contributed by atoms with Gasteiger partial charge in [0, 0.05) is 24.0 Å². The normalized spacial score (nSPS) is 13.6. The summed E-state index contributed by atoms with van der Waals surface area (Å²) >= 11 is 1.52. The SMILES string of the molecule is O=C(CCc1csc(-c2ccccn2)n1)NCC(=O)NC1CC1. The van der Waals surface area contributed by atoms with Gasteiger partial charge in [0.2, 0.25) is 11.8 Å². The largest absolute Gasteiger partial charge is 0.352 e. The Morgan fingerprint density at radius 3 is 2.87 bits per heavy atom. The number of nitrogens with one attached hydrogen (secondary N) is 2. The molecule has 7 heteroatoms. The maximum atomic E-state index is 11.8. The summed E-state index contributed by atoms with van der Waals surface area (Å²) in [6.07, 6.45) is 4.70. The fourth-order valence-corrected chi connectivity index (χ4v) is 2.87. The van der Waals surface area contributed by atoms with Crippen LogP contribution in [0.3, 0.4) is 0 Å². The number of pyridine rings is 1. The monoisotopic (exact) mass is 330 g/mol. The van der Waals surface area contributed by atoms with Crippen LogP contribution in [0.25, 0.3) is 10.7 Å². The summed E-state index contributed by atoms with van der Waals surface area (Å²) in [5, 5.41) is 8.26. The van der Waals surface area contributed by atoms with Crippen molar-refractivity contribution in [2.75, 3.05) is 6.54 Å². The molecule has 0 spiro atoms. The third-order valence-corrected chi connectivity index (χ3v) is 4.35. The van der Waals surface area contributed by atoms with E-state index in [1.165, 1.54) is 11.3 Å². The molecule has 120 valence electrons. The molecule has 2 N–H and O–H groups in total. The molecule has 0 saturated heterocycles. The van der Waals surface area contributed by atoms with Crippen LogP contribution < -0.4 is 10.6 Å². The number of carbonyl (C=O) groups excluding carboxylic acids is 2. The van der Waals surface area contributed by atoms with E-state index in [1.807, 2.05) is 23.6 Å². The van der Waals surface area contributed by atoms with Crippen LogP contribution in [0.4, 0.5) is 0 Å². The molecule has 2 heterocycles. The molecule has 1 saturated carbocycles. The van der Waals surface area contributed by atoms with E-state index in [0.29, 0.717) is 18.9 Å². The van der Waals surface area contributed by atoms with E-state index in [4.69, 9.17) is 0 Å². The molecule has 6 nitrogen and oxygen atoms in total. The van der Waals surface area contributed by atoms with Crippen molar-refractivity contribution in [2.45, 2.75) is 31.7 Å². The minimum Gasteiger partial charge on any atom is -0.352 e. The summed E-state index contributed by atoms with van der Waals surface area (Å²) in [6.45, 7) is 0.0472. The molecule has 3 rings (SSSR count). The summed E-state index contributed by atoms with van der Waals surface area (Å²) in [5.74, 6) is -0.254. The molecular weight excluding hydrogens is 312 g/mol. The first-order valence-electron chi connectivity index (χ1n) is 7.62. The van der Waals surface area contributed by atoms with Crippen LogP contribution in [-0.4, -0.2) is 34.4 Å². The van der Waals surface area contributed by atoms with E-state index < -0.39 is 0 Å². The topological polar surface area (TPSA) is 84.0 Å². The van der Waals surface area contributed by atoms with Gasteiger partial charge in [0.1, 0.15) is 5.01 Å². The third-order valence-electron chi connectivity index (χ3n) is 3.43. The first-order valence-corrected chi connectivity index (χ1v) is 8.50. The number of rotatable bonds is 7. The lowest BCUT2D eigenvalue weighted by atomic mass is 10.2. The van der Waals surface area contributed by atoms with Gasteiger partial charge in [-0.05, 0) is 31.4 Å². The van der Waals surface area contributed by atoms with Crippen LogP contribution in [0, 0.1) is 0 Å². The molecule has 2 aromatic heterocycles. The third kappa shape index (κ3) is 4.85.